The van der Waals surface area contributed by atoms with E-state index in [0.29, 0.717) is 36.3 Å². The van der Waals surface area contributed by atoms with Crippen molar-refractivity contribution in [2.75, 3.05) is 39.2 Å². The van der Waals surface area contributed by atoms with Gasteiger partial charge in [-0.05, 0) is 49.9 Å². The van der Waals surface area contributed by atoms with Crippen LogP contribution in [0.5, 0.6) is 11.5 Å². The minimum absolute atomic E-state index is 0.399. The van der Waals surface area contributed by atoms with Crippen LogP contribution in [0.1, 0.15) is 18.6 Å². The molecular weight excluding hydrogens is 412 g/mol. The van der Waals surface area contributed by atoms with E-state index in [4.69, 9.17) is 24.1 Å². The number of furan rings is 1. The fourth-order valence-electron chi connectivity index (χ4n) is 4.06. The van der Waals surface area contributed by atoms with E-state index in [1.165, 1.54) is 0 Å². The van der Waals surface area contributed by atoms with E-state index in [1.54, 1.807) is 24.6 Å². The van der Waals surface area contributed by atoms with Crippen molar-refractivity contribution in [2.45, 2.75) is 19.8 Å². The summed E-state index contributed by atoms with van der Waals surface area (Å²) in [4.78, 5) is 18.0. The van der Waals surface area contributed by atoms with E-state index >= 15 is 0 Å². The lowest BCUT2D eigenvalue weighted by atomic mass is 9.96. The number of anilines is 1. The second-order valence-corrected chi connectivity index (χ2v) is 7.92. The molecule has 0 saturated carbocycles. The van der Waals surface area contributed by atoms with Crippen LogP contribution in [0.15, 0.2) is 34.7 Å². The highest BCUT2D eigenvalue weighted by molar-refractivity contribution is 5.95. The SMILES string of the molecule is COc1cc2nc(-c3ccc(C)o3)cc(NCC3CCN(C(=O)NO)CC3)c2cc1OC. The molecule has 2 amide bonds. The zero-order valence-corrected chi connectivity index (χ0v) is 18.5. The molecule has 3 N–H and O–H groups in total. The number of ether oxygens (including phenoxy) is 2. The Morgan fingerprint density at radius 2 is 1.91 bits per heavy atom. The average Bonchev–Trinajstić information content (AvgIpc) is 3.27. The molecule has 0 bridgehead atoms. The number of aromatic nitrogens is 1. The van der Waals surface area contributed by atoms with E-state index in [-0.39, 0.29) is 0 Å². The van der Waals surface area contributed by atoms with E-state index in [2.05, 4.69) is 5.32 Å². The summed E-state index contributed by atoms with van der Waals surface area (Å²) in [5, 5.41) is 13.3. The van der Waals surface area contributed by atoms with Crippen LogP contribution in [0.2, 0.25) is 0 Å². The van der Waals surface area contributed by atoms with Crippen LogP contribution in [0.3, 0.4) is 0 Å². The van der Waals surface area contributed by atoms with Crippen molar-refractivity contribution in [1.82, 2.24) is 15.4 Å². The summed E-state index contributed by atoms with van der Waals surface area (Å²) in [6, 6.07) is 9.16. The molecule has 4 rings (SSSR count). The predicted molar refractivity (Wildman–Crippen MR) is 120 cm³/mol. The fraction of sp³-hybridized carbons (Fsp3) is 0.391. The Labute approximate surface area is 186 Å². The van der Waals surface area contributed by atoms with Gasteiger partial charge < -0.3 is 24.1 Å². The van der Waals surface area contributed by atoms with Gasteiger partial charge in [0.15, 0.2) is 17.3 Å². The molecule has 1 aliphatic heterocycles. The van der Waals surface area contributed by atoms with Crippen LogP contribution in [-0.2, 0) is 0 Å². The monoisotopic (exact) mass is 440 g/mol. The molecule has 0 spiro atoms. The molecule has 3 heterocycles. The number of piperidine rings is 1. The number of methoxy groups -OCH3 is 2. The van der Waals surface area contributed by atoms with Gasteiger partial charge in [-0.3, -0.25) is 5.21 Å². The first-order valence-electron chi connectivity index (χ1n) is 10.6. The first kappa shape index (κ1) is 21.8. The zero-order chi connectivity index (χ0) is 22.7. The van der Waals surface area contributed by atoms with Gasteiger partial charge in [-0.2, -0.15) is 0 Å². The number of hydrogen-bond donors (Lipinski definition) is 3. The predicted octanol–water partition coefficient (Wildman–Crippen LogP) is 4.04. The molecule has 0 unspecified atom stereocenters. The van der Waals surface area contributed by atoms with E-state index < -0.39 is 6.03 Å². The second-order valence-electron chi connectivity index (χ2n) is 7.92. The van der Waals surface area contributed by atoms with Crippen LogP contribution in [0.25, 0.3) is 22.4 Å². The van der Waals surface area contributed by atoms with E-state index in [0.717, 1.165) is 47.4 Å². The van der Waals surface area contributed by atoms with Crippen molar-refractivity contribution in [3.63, 3.8) is 0 Å². The molecule has 1 saturated heterocycles. The summed E-state index contributed by atoms with van der Waals surface area (Å²) >= 11 is 0. The van der Waals surface area contributed by atoms with Crippen LogP contribution in [-0.4, -0.2) is 55.0 Å². The first-order chi connectivity index (χ1) is 15.5. The molecular formula is C23H28N4O5. The van der Waals surface area contributed by atoms with Gasteiger partial charge in [0.1, 0.15) is 11.5 Å². The lowest BCUT2D eigenvalue weighted by molar-refractivity contribution is 0.116. The number of urea groups is 1. The Balaban J connectivity index is 1.62. The summed E-state index contributed by atoms with van der Waals surface area (Å²) < 4.78 is 16.8. The van der Waals surface area contributed by atoms with Crippen molar-refractivity contribution < 1.29 is 23.9 Å². The number of hydrogen-bond acceptors (Lipinski definition) is 7. The Morgan fingerprint density at radius 1 is 1.19 bits per heavy atom. The Kier molecular flexibility index (Phi) is 6.36. The Morgan fingerprint density at radius 3 is 2.53 bits per heavy atom. The third-order valence-electron chi connectivity index (χ3n) is 5.89. The number of pyridine rings is 1. The van der Waals surface area contributed by atoms with Gasteiger partial charge in [0, 0.05) is 36.8 Å². The van der Waals surface area contributed by atoms with Crippen molar-refractivity contribution in [3.05, 3.63) is 36.1 Å². The number of aryl methyl sites for hydroxylation is 1. The molecule has 1 fully saturated rings. The smallest absolute Gasteiger partial charge is 0.341 e. The van der Waals surface area contributed by atoms with Gasteiger partial charge in [0.25, 0.3) is 0 Å². The quantitative estimate of drug-likeness (QED) is 0.392. The van der Waals surface area contributed by atoms with Gasteiger partial charge in [-0.15, -0.1) is 0 Å². The second kappa shape index (κ2) is 9.35. The van der Waals surface area contributed by atoms with Crippen LogP contribution < -0.4 is 20.3 Å². The van der Waals surface area contributed by atoms with Gasteiger partial charge in [-0.1, -0.05) is 0 Å². The molecule has 170 valence electrons. The molecule has 3 aromatic rings. The molecule has 1 aliphatic rings. The van der Waals surface area contributed by atoms with Crippen molar-refractivity contribution in [2.24, 2.45) is 5.92 Å². The summed E-state index contributed by atoms with van der Waals surface area (Å²) in [6.07, 6.45) is 1.70. The number of carbonyl (C=O) groups excluding carboxylic acids is 1. The van der Waals surface area contributed by atoms with Crippen molar-refractivity contribution in [3.8, 4) is 23.0 Å². The number of nitrogens with one attached hydrogen (secondary N) is 2. The zero-order valence-electron chi connectivity index (χ0n) is 18.5. The van der Waals surface area contributed by atoms with Gasteiger partial charge in [0.2, 0.25) is 0 Å². The van der Waals surface area contributed by atoms with E-state index in [1.807, 2.05) is 37.3 Å². The maximum Gasteiger partial charge on any atom is 0.341 e. The first-order valence-corrected chi connectivity index (χ1v) is 10.6. The average molecular weight is 441 g/mol. The normalized spacial score (nSPS) is 14.4. The highest BCUT2D eigenvalue weighted by Gasteiger charge is 2.23. The van der Waals surface area contributed by atoms with Crippen LogP contribution >= 0.6 is 0 Å². The van der Waals surface area contributed by atoms with Gasteiger partial charge >= 0.3 is 6.03 Å². The van der Waals surface area contributed by atoms with Gasteiger partial charge in [0.05, 0.1) is 19.7 Å². The molecule has 1 aromatic carbocycles. The largest absolute Gasteiger partial charge is 0.493 e. The van der Waals surface area contributed by atoms with E-state index in [9.17, 15) is 4.79 Å². The summed E-state index contributed by atoms with van der Waals surface area (Å²) in [5.41, 5.74) is 4.13. The Bertz CT molecular complexity index is 1110. The molecule has 9 nitrogen and oxygen atoms in total. The number of amides is 2. The van der Waals surface area contributed by atoms with Crippen LogP contribution in [0, 0.1) is 12.8 Å². The lowest BCUT2D eigenvalue weighted by Gasteiger charge is -2.31. The summed E-state index contributed by atoms with van der Waals surface area (Å²) in [6.45, 7) is 3.87. The number of carbonyl (C=O) groups is 1. The molecule has 9 heteroatoms. The molecule has 0 aliphatic carbocycles. The van der Waals surface area contributed by atoms with Crippen LogP contribution in [0.4, 0.5) is 10.5 Å². The molecule has 0 radical (unpaired) electrons. The highest BCUT2D eigenvalue weighted by atomic mass is 16.5. The minimum Gasteiger partial charge on any atom is -0.493 e. The van der Waals surface area contributed by atoms with Crippen molar-refractivity contribution >= 4 is 22.6 Å². The minimum atomic E-state index is -0.448. The highest BCUT2D eigenvalue weighted by Crippen LogP contribution is 2.37. The number of hydroxylamine groups is 1. The topological polar surface area (TPSA) is 109 Å². The Hall–Kier alpha value is -3.46. The number of benzene rings is 1. The summed E-state index contributed by atoms with van der Waals surface area (Å²) in [5.74, 6) is 3.17. The van der Waals surface area contributed by atoms with Crippen molar-refractivity contribution in [1.29, 1.82) is 0 Å². The number of fused-ring (bicyclic) bond motifs is 1. The molecule has 32 heavy (non-hydrogen) atoms. The third kappa shape index (κ3) is 4.43. The third-order valence-corrected chi connectivity index (χ3v) is 5.89. The summed E-state index contributed by atoms with van der Waals surface area (Å²) in [7, 11) is 3.21. The number of rotatable bonds is 6. The maximum absolute atomic E-state index is 11.6. The molecule has 0 atom stereocenters. The standard InChI is InChI=1S/C23H28N4O5/c1-14-4-5-20(32-14)19-11-17(16-10-21(30-2)22(31-3)12-18(16)25-19)24-13-15-6-8-27(9-7-15)23(28)26-29/h4-5,10-12,15,29H,6-9,13H2,1-3H3,(H,24,25)(H,26,28). The number of nitrogens with zero attached hydrogens (tertiary/aromatic N) is 2. The fourth-order valence-corrected chi connectivity index (χ4v) is 4.06. The maximum atomic E-state index is 11.6. The van der Waals surface area contributed by atoms with Gasteiger partial charge in [-0.25, -0.2) is 15.3 Å². The molecule has 2 aromatic heterocycles. The number of likely N-dealkylation sites (tertiary alicyclic amines) is 1. The lowest BCUT2D eigenvalue weighted by Crippen LogP contribution is -2.44.